The first-order valence-electron chi connectivity index (χ1n) is 19.1. The highest BCUT2D eigenvalue weighted by Crippen LogP contribution is 2.47. The predicted octanol–water partition coefficient (Wildman–Crippen LogP) is 7.19. The van der Waals surface area contributed by atoms with Crippen LogP contribution in [0.1, 0.15) is 106 Å². The quantitative estimate of drug-likeness (QED) is 0.133. The van der Waals surface area contributed by atoms with E-state index in [0.717, 1.165) is 69.5 Å². The standard InChI is InChI=1S/C44H46FN3O5/c45-39-26-38-32(27-48(44(38)52)40-16-17-41(50)46-43(40)51)25-37(39)29-18-21-47(22-19-29)20-4-5-23-53-34-12-8-30(9-13-34)42-35(28-6-2-1-3-7-28)14-10-31-24-33(49)11-15-36(31)42/h1-3,6-9,11-13,15,24-26,29,35,40,42,49H,4-5,10,14,16-23,27H2,(H,46,50,51)/t35-,40?,42+/m0/s1. The maximum atomic E-state index is 15.4. The monoisotopic (exact) mass is 715 g/mol. The van der Waals surface area contributed by atoms with Gasteiger partial charge in [0.05, 0.1) is 6.61 Å². The average Bonchev–Trinajstić information content (AvgIpc) is 3.48. The number of amides is 3. The fourth-order valence-electron chi connectivity index (χ4n) is 9.07. The van der Waals surface area contributed by atoms with Crippen molar-refractivity contribution in [3.8, 4) is 11.5 Å². The number of aryl methyl sites for hydroxylation is 1. The number of aromatic hydroxyl groups is 1. The lowest BCUT2D eigenvalue weighted by Crippen LogP contribution is -2.52. The molecule has 4 aliphatic rings. The third kappa shape index (κ3) is 7.32. The fraction of sp³-hybridized carbons (Fsp3) is 0.386. The molecule has 0 bridgehead atoms. The number of phenolic OH excluding ortho intramolecular Hbond substituents is 1. The summed E-state index contributed by atoms with van der Waals surface area (Å²) >= 11 is 0. The number of ether oxygens (including phenoxy) is 1. The Bertz CT molecular complexity index is 1990. The average molecular weight is 716 g/mol. The number of nitrogens with one attached hydrogen (secondary N) is 1. The summed E-state index contributed by atoms with van der Waals surface area (Å²) in [7, 11) is 0. The molecule has 4 aromatic rings. The molecule has 3 atom stereocenters. The van der Waals surface area contributed by atoms with E-state index in [1.165, 1.54) is 33.2 Å². The molecule has 53 heavy (non-hydrogen) atoms. The Hall–Kier alpha value is -5.02. The van der Waals surface area contributed by atoms with Gasteiger partial charge in [0.2, 0.25) is 11.8 Å². The first kappa shape index (κ1) is 35.0. The number of likely N-dealkylation sites (tertiary alicyclic amines) is 1. The summed E-state index contributed by atoms with van der Waals surface area (Å²) in [6, 6.07) is 27.6. The highest BCUT2D eigenvalue weighted by Gasteiger charge is 2.40. The molecule has 3 amide bonds. The number of nitrogens with zero attached hydrogens (tertiary/aromatic N) is 2. The van der Waals surface area contributed by atoms with E-state index in [9.17, 15) is 19.5 Å². The van der Waals surface area contributed by atoms with Crippen LogP contribution in [0.4, 0.5) is 4.39 Å². The summed E-state index contributed by atoms with van der Waals surface area (Å²) in [6.45, 7) is 3.64. The third-order valence-electron chi connectivity index (χ3n) is 11.9. The van der Waals surface area contributed by atoms with Gasteiger partial charge in [-0.3, -0.25) is 19.7 Å². The second kappa shape index (κ2) is 15.1. The van der Waals surface area contributed by atoms with Crippen molar-refractivity contribution in [1.82, 2.24) is 15.1 Å². The number of fused-ring (bicyclic) bond motifs is 2. The summed E-state index contributed by atoms with van der Waals surface area (Å²) in [5.74, 6) is 0.352. The molecule has 8 rings (SSSR count). The number of carbonyl (C=O) groups excluding carboxylic acids is 3. The largest absolute Gasteiger partial charge is 0.508 e. The van der Waals surface area contributed by atoms with Crippen LogP contribution in [-0.2, 0) is 22.6 Å². The molecule has 9 heteroatoms. The van der Waals surface area contributed by atoms with Crippen molar-refractivity contribution in [2.24, 2.45) is 0 Å². The van der Waals surface area contributed by atoms with Gasteiger partial charge in [-0.25, -0.2) is 4.39 Å². The van der Waals surface area contributed by atoms with Crippen LogP contribution in [0, 0.1) is 5.82 Å². The number of hydrogen-bond acceptors (Lipinski definition) is 6. The van der Waals surface area contributed by atoms with Crippen molar-refractivity contribution < 1.29 is 28.6 Å². The van der Waals surface area contributed by atoms with Crippen LogP contribution >= 0.6 is 0 Å². The van der Waals surface area contributed by atoms with E-state index in [4.69, 9.17) is 4.74 Å². The van der Waals surface area contributed by atoms with Crippen LogP contribution < -0.4 is 10.1 Å². The minimum atomic E-state index is -0.704. The topological polar surface area (TPSA) is 99.2 Å². The second-order valence-electron chi connectivity index (χ2n) is 15.1. The van der Waals surface area contributed by atoms with E-state index >= 15 is 4.39 Å². The Kier molecular flexibility index (Phi) is 10.0. The van der Waals surface area contributed by atoms with E-state index in [0.29, 0.717) is 29.4 Å². The van der Waals surface area contributed by atoms with Gasteiger partial charge in [0, 0.05) is 24.4 Å². The van der Waals surface area contributed by atoms with Crippen LogP contribution in [-0.4, -0.2) is 64.9 Å². The molecule has 3 aliphatic heterocycles. The van der Waals surface area contributed by atoms with Gasteiger partial charge in [0.25, 0.3) is 5.91 Å². The molecule has 1 unspecified atom stereocenters. The van der Waals surface area contributed by atoms with Crippen molar-refractivity contribution in [1.29, 1.82) is 0 Å². The number of phenols is 1. The summed E-state index contributed by atoms with van der Waals surface area (Å²) in [6.07, 6.45) is 6.11. The molecule has 0 radical (unpaired) electrons. The van der Waals surface area contributed by atoms with E-state index in [-0.39, 0.29) is 48.9 Å². The number of hydrogen-bond donors (Lipinski definition) is 2. The summed E-state index contributed by atoms with van der Waals surface area (Å²) in [5.41, 5.74) is 6.83. The highest BCUT2D eigenvalue weighted by atomic mass is 19.1. The van der Waals surface area contributed by atoms with E-state index in [1.807, 2.05) is 12.1 Å². The minimum absolute atomic E-state index is 0.0832. The Morgan fingerprint density at radius 3 is 2.36 bits per heavy atom. The van der Waals surface area contributed by atoms with Gasteiger partial charge in [-0.2, -0.15) is 0 Å². The molecule has 2 N–H and O–H groups in total. The van der Waals surface area contributed by atoms with Gasteiger partial charge in [0.1, 0.15) is 23.4 Å². The van der Waals surface area contributed by atoms with Gasteiger partial charge in [0.15, 0.2) is 0 Å². The van der Waals surface area contributed by atoms with Crippen molar-refractivity contribution in [2.75, 3.05) is 26.2 Å². The molecule has 1 aliphatic carbocycles. The Morgan fingerprint density at radius 1 is 0.792 bits per heavy atom. The molecule has 2 fully saturated rings. The molecule has 8 nitrogen and oxygen atoms in total. The van der Waals surface area contributed by atoms with Crippen LogP contribution in [0.15, 0.2) is 84.9 Å². The fourth-order valence-corrected chi connectivity index (χ4v) is 9.07. The number of unbranched alkanes of at least 4 members (excludes halogenated alkanes) is 1. The second-order valence-corrected chi connectivity index (χ2v) is 15.1. The van der Waals surface area contributed by atoms with Gasteiger partial charge in [-0.1, -0.05) is 54.6 Å². The first-order valence-corrected chi connectivity index (χ1v) is 19.1. The zero-order chi connectivity index (χ0) is 36.5. The molecule has 0 saturated carbocycles. The maximum absolute atomic E-state index is 15.4. The number of benzene rings is 4. The number of piperidine rings is 2. The Morgan fingerprint density at radius 2 is 1.58 bits per heavy atom. The molecule has 3 heterocycles. The molecule has 0 aromatic heterocycles. The number of rotatable bonds is 10. The Balaban J connectivity index is 0.808. The van der Waals surface area contributed by atoms with E-state index in [2.05, 4.69) is 70.9 Å². The molecule has 2 saturated heterocycles. The number of carbonyl (C=O) groups is 3. The summed E-state index contributed by atoms with van der Waals surface area (Å²) < 4.78 is 21.5. The van der Waals surface area contributed by atoms with E-state index < -0.39 is 11.9 Å². The zero-order valence-corrected chi connectivity index (χ0v) is 29.9. The van der Waals surface area contributed by atoms with Crippen LogP contribution in [0.25, 0.3) is 0 Å². The highest BCUT2D eigenvalue weighted by molar-refractivity contribution is 6.05. The van der Waals surface area contributed by atoms with Gasteiger partial charge in [-0.15, -0.1) is 0 Å². The lowest BCUT2D eigenvalue weighted by atomic mass is 9.69. The Labute approximate surface area is 310 Å². The SMILES string of the molecule is O=C1CCC(N2Cc3cc(C4CCN(CCCCOc5ccc([C@H]6c7ccc(O)cc7CC[C@H]6c6ccccc6)cc5)CC4)c(F)cc3C2=O)C(=O)N1. The van der Waals surface area contributed by atoms with Crippen molar-refractivity contribution in [2.45, 2.75) is 81.7 Å². The lowest BCUT2D eigenvalue weighted by Gasteiger charge is -2.35. The minimum Gasteiger partial charge on any atom is -0.508 e. The van der Waals surface area contributed by atoms with Crippen molar-refractivity contribution >= 4 is 17.7 Å². The zero-order valence-electron chi connectivity index (χ0n) is 29.9. The van der Waals surface area contributed by atoms with Crippen LogP contribution in [0.3, 0.4) is 0 Å². The molecule has 0 spiro atoms. The van der Waals surface area contributed by atoms with Gasteiger partial charge in [-0.05, 0) is 140 Å². The van der Waals surface area contributed by atoms with Gasteiger partial charge >= 0.3 is 0 Å². The van der Waals surface area contributed by atoms with Gasteiger partial charge < -0.3 is 19.6 Å². The summed E-state index contributed by atoms with van der Waals surface area (Å²) in [5, 5.41) is 12.5. The predicted molar refractivity (Wildman–Crippen MR) is 199 cm³/mol. The first-order chi connectivity index (χ1) is 25.8. The third-order valence-corrected chi connectivity index (χ3v) is 11.9. The normalized spacial score (nSPS) is 22.0. The smallest absolute Gasteiger partial charge is 0.255 e. The maximum Gasteiger partial charge on any atom is 0.255 e. The molecule has 4 aromatic carbocycles. The van der Waals surface area contributed by atoms with Crippen LogP contribution in [0.5, 0.6) is 11.5 Å². The van der Waals surface area contributed by atoms with E-state index in [1.54, 1.807) is 6.07 Å². The molecule has 274 valence electrons. The number of halogens is 1. The van der Waals surface area contributed by atoms with Crippen molar-refractivity contribution in [3.63, 3.8) is 0 Å². The number of imide groups is 1. The van der Waals surface area contributed by atoms with Crippen LogP contribution in [0.2, 0.25) is 0 Å². The van der Waals surface area contributed by atoms with Crippen molar-refractivity contribution in [3.05, 3.63) is 130 Å². The molecular formula is C44H46FN3O5. The molecular weight excluding hydrogens is 669 g/mol. The summed E-state index contributed by atoms with van der Waals surface area (Å²) in [4.78, 5) is 41.0. The lowest BCUT2D eigenvalue weighted by molar-refractivity contribution is -0.136.